The average molecular weight is 306 g/mol. The first-order chi connectivity index (χ1) is 10.2. The van der Waals surface area contributed by atoms with Gasteiger partial charge in [-0.25, -0.2) is 0 Å². The number of hydrogen-bond acceptors (Lipinski definition) is 3. The Labute approximate surface area is 129 Å². The van der Waals surface area contributed by atoms with Crippen molar-refractivity contribution in [2.24, 2.45) is 0 Å². The Bertz CT molecular complexity index is 603. The number of para-hydroxylation sites is 1. The predicted octanol–water partition coefficient (Wildman–Crippen LogP) is 2.25. The SMILES string of the molecule is CSCC(CCO)NC(=O)Cc1c[nH]c2c(C)cccc12. The topological polar surface area (TPSA) is 65.1 Å². The second kappa shape index (κ2) is 7.52. The summed E-state index contributed by atoms with van der Waals surface area (Å²) in [5.74, 6) is 0.823. The van der Waals surface area contributed by atoms with E-state index in [0.29, 0.717) is 12.8 Å². The molecule has 0 fully saturated rings. The number of aromatic amines is 1. The van der Waals surface area contributed by atoms with E-state index in [9.17, 15) is 4.79 Å². The lowest BCUT2D eigenvalue weighted by Crippen LogP contribution is -2.38. The van der Waals surface area contributed by atoms with Gasteiger partial charge in [-0.15, -0.1) is 0 Å². The Hall–Kier alpha value is -1.46. The van der Waals surface area contributed by atoms with Crippen LogP contribution >= 0.6 is 11.8 Å². The zero-order chi connectivity index (χ0) is 15.2. The van der Waals surface area contributed by atoms with E-state index in [1.54, 1.807) is 11.8 Å². The van der Waals surface area contributed by atoms with Crippen molar-refractivity contribution in [3.8, 4) is 0 Å². The smallest absolute Gasteiger partial charge is 0.224 e. The Morgan fingerprint density at radius 2 is 2.29 bits per heavy atom. The third-order valence-electron chi connectivity index (χ3n) is 3.57. The average Bonchev–Trinajstić information content (AvgIpc) is 2.84. The van der Waals surface area contributed by atoms with Crippen molar-refractivity contribution in [1.29, 1.82) is 0 Å². The standard InChI is InChI=1S/C16H22N2O2S/c1-11-4-3-5-14-12(9-17-16(11)14)8-15(20)18-13(6-7-19)10-21-2/h3-5,9,13,17,19H,6-8,10H2,1-2H3,(H,18,20). The molecule has 0 aliphatic rings. The molecule has 0 saturated heterocycles. The van der Waals surface area contributed by atoms with Gasteiger partial charge in [0.2, 0.25) is 5.91 Å². The molecule has 4 nitrogen and oxygen atoms in total. The van der Waals surface area contributed by atoms with Crippen molar-refractivity contribution in [2.45, 2.75) is 25.8 Å². The number of aromatic nitrogens is 1. The first kappa shape index (κ1) is 15.9. The van der Waals surface area contributed by atoms with E-state index in [0.717, 1.165) is 22.2 Å². The largest absolute Gasteiger partial charge is 0.396 e. The second-order valence-electron chi connectivity index (χ2n) is 5.22. The van der Waals surface area contributed by atoms with Crippen molar-refractivity contribution in [2.75, 3.05) is 18.6 Å². The van der Waals surface area contributed by atoms with Crippen molar-refractivity contribution < 1.29 is 9.90 Å². The molecule has 0 aliphatic carbocycles. The summed E-state index contributed by atoms with van der Waals surface area (Å²) in [5.41, 5.74) is 3.29. The van der Waals surface area contributed by atoms with Crippen LogP contribution in [0.3, 0.4) is 0 Å². The van der Waals surface area contributed by atoms with Gasteiger partial charge in [-0.2, -0.15) is 11.8 Å². The first-order valence-corrected chi connectivity index (χ1v) is 8.49. The number of H-pyrrole nitrogens is 1. The van der Waals surface area contributed by atoms with E-state index < -0.39 is 0 Å². The number of aliphatic hydroxyl groups excluding tert-OH is 1. The number of carbonyl (C=O) groups is 1. The third-order valence-corrected chi connectivity index (χ3v) is 4.31. The molecule has 0 aliphatic heterocycles. The van der Waals surface area contributed by atoms with Crippen LogP contribution in [-0.2, 0) is 11.2 Å². The molecule has 0 bridgehead atoms. The van der Waals surface area contributed by atoms with Gasteiger partial charge >= 0.3 is 0 Å². The summed E-state index contributed by atoms with van der Waals surface area (Å²) >= 11 is 1.67. The van der Waals surface area contributed by atoms with E-state index in [1.165, 1.54) is 5.56 Å². The zero-order valence-corrected chi connectivity index (χ0v) is 13.3. The highest BCUT2D eigenvalue weighted by Crippen LogP contribution is 2.21. The minimum absolute atomic E-state index is 0.00454. The molecule has 3 N–H and O–H groups in total. The summed E-state index contributed by atoms with van der Waals surface area (Å²) in [4.78, 5) is 15.4. The molecule has 1 heterocycles. The van der Waals surface area contributed by atoms with Crippen LogP contribution < -0.4 is 5.32 Å². The number of carbonyl (C=O) groups excluding carboxylic acids is 1. The fourth-order valence-electron chi connectivity index (χ4n) is 2.52. The quantitative estimate of drug-likeness (QED) is 0.735. The van der Waals surface area contributed by atoms with Crippen LogP contribution in [0.4, 0.5) is 0 Å². The summed E-state index contributed by atoms with van der Waals surface area (Å²) < 4.78 is 0. The van der Waals surface area contributed by atoms with Crippen molar-refractivity contribution in [3.05, 3.63) is 35.5 Å². The molecule has 2 aromatic rings. The van der Waals surface area contributed by atoms with Crippen LogP contribution in [0.5, 0.6) is 0 Å². The molecule has 1 atom stereocenters. The van der Waals surface area contributed by atoms with E-state index in [-0.39, 0.29) is 18.6 Å². The van der Waals surface area contributed by atoms with Gasteiger partial charge in [-0.1, -0.05) is 18.2 Å². The molecule has 5 heteroatoms. The van der Waals surface area contributed by atoms with E-state index in [1.807, 2.05) is 24.6 Å². The molecule has 0 spiro atoms. The Morgan fingerprint density at radius 1 is 1.48 bits per heavy atom. The molecule has 0 saturated carbocycles. The molecule has 1 amide bonds. The second-order valence-corrected chi connectivity index (χ2v) is 6.13. The van der Waals surface area contributed by atoms with Gasteiger partial charge in [0.15, 0.2) is 0 Å². The van der Waals surface area contributed by atoms with Crippen LogP contribution in [0.25, 0.3) is 10.9 Å². The summed E-state index contributed by atoms with van der Waals surface area (Å²) in [6, 6.07) is 6.13. The lowest BCUT2D eigenvalue weighted by atomic mass is 10.1. The van der Waals surface area contributed by atoms with Crippen LogP contribution in [0.1, 0.15) is 17.5 Å². The Morgan fingerprint density at radius 3 is 3.00 bits per heavy atom. The number of rotatable bonds is 7. The van der Waals surface area contributed by atoms with Crippen LogP contribution in [0.2, 0.25) is 0 Å². The zero-order valence-electron chi connectivity index (χ0n) is 12.5. The number of aryl methyl sites for hydroxylation is 1. The van der Waals surface area contributed by atoms with Gasteiger partial charge in [0, 0.05) is 35.5 Å². The molecule has 114 valence electrons. The third kappa shape index (κ3) is 4.02. The highest BCUT2D eigenvalue weighted by molar-refractivity contribution is 7.98. The predicted molar refractivity (Wildman–Crippen MR) is 88.8 cm³/mol. The number of hydrogen-bond donors (Lipinski definition) is 3. The number of benzene rings is 1. The number of fused-ring (bicyclic) bond motifs is 1. The summed E-state index contributed by atoms with van der Waals surface area (Å²) in [5, 5.41) is 13.1. The molecule has 0 radical (unpaired) electrons. The fourth-order valence-corrected chi connectivity index (χ4v) is 3.17. The van der Waals surface area contributed by atoms with Crippen molar-refractivity contribution >= 4 is 28.6 Å². The molecular formula is C16H22N2O2S. The van der Waals surface area contributed by atoms with Crippen molar-refractivity contribution in [3.63, 3.8) is 0 Å². The molecule has 21 heavy (non-hydrogen) atoms. The van der Waals surface area contributed by atoms with E-state index in [2.05, 4.69) is 23.3 Å². The Balaban J connectivity index is 2.05. The van der Waals surface area contributed by atoms with Gasteiger partial charge in [0.25, 0.3) is 0 Å². The lowest BCUT2D eigenvalue weighted by molar-refractivity contribution is -0.121. The fraction of sp³-hybridized carbons (Fsp3) is 0.438. The van der Waals surface area contributed by atoms with Gasteiger partial charge in [0.05, 0.1) is 6.42 Å². The molecular weight excluding hydrogens is 284 g/mol. The first-order valence-electron chi connectivity index (χ1n) is 7.10. The summed E-state index contributed by atoms with van der Waals surface area (Å²) in [7, 11) is 0. The molecule has 2 rings (SSSR count). The highest BCUT2D eigenvalue weighted by atomic mass is 32.2. The maximum Gasteiger partial charge on any atom is 0.224 e. The highest BCUT2D eigenvalue weighted by Gasteiger charge is 2.14. The van der Waals surface area contributed by atoms with Crippen LogP contribution in [0, 0.1) is 6.92 Å². The number of amides is 1. The summed E-state index contributed by atoms with van der Waals surface area (Å²) in [6.45, 7) is 2.15. The van der Waals surface area contributed by atoms with Crippen molar-refractivity contribution in [1.82, 2.24) is 10.3 Å². The van der Waals surface area contributed by atoms with Gasteiger partial charge in [0.1, 0.15) is 0 Å². The van der Waals surface area contributed by atoms with Gasteiger partial charge < -0.3 is 15.4 Å². The number of aliphatic hydroxyl groups is 1. The Kier molecular flexibility index (Phi) is 5.70. The number of nitrogens with one attached hydrogen (secondary N) is 2. The maximum absolute atomic E-state index is 12.2. The minimum atomic E-state index is 0.00454. The van der Waals surface area contributed by atoms with E-state index >= 15 is 0 Å². The van der Waals surface area contributed by atoms with Gasteiger partial charge in [-0.05, 0) is 30.7 Å². The summed E-state index contributed by atoms with van der Waals surface area (Å²) in [6.07, 6.45) is 4.87. The van der Waals surface area contributed by atoms with Crippen LogP contribution in [-0.4, -0.2) is 40.7 Å². The van der Waals surface area contributed by atoms with Gasteiger partial charge in [-0.3, -0.25) is 4.79 Å². The minimum Gasteiger partial charge on any atom is -0.396 e. The lowest BCUT2D eigenvalue weighted by Gasteiger charge is -2.16. The molecule has 1 aromatic heterocycles. The normalized spacial score (nSPS) is 12.5. The molecule has 1 aromatic carbocycles. The van der Waals surface area contributed by atoms with E-state index in [4.69, 9.17) is 5.11 Å². The molecule has 1 unspecified atom stereocenters. The van der Waals surface area contributed by atoms with Crippen LogP contribution in [0.15, 0.2) is 24.4 Å². The maximum atomic E-state index is 12.2. The monoisotopic (exact) mass is 306 g/mol. The number of thioether (sulfide) groups is 1.